The number of fused-ring (bicyclic) bond motifs is 1. The summed E-state index contributed by atoms with van der Waals surface area (Å²) in [7, 11) is 4.29. The smallest absolute Gasteiger partial charge is 0.248 e. The molecule has 0 spiro atoms. The molecule has 0 aliphatic carbocycles. The third kappa shape index (κ3) is 5.60. The van der Waals surface area contributed by atoms with E-state index in [0.29, 0.717) is 21.8 Å². The first-order valence-corrected chi connectivity index (χ1v) is 11.9. The van der Waals surface area contributed by atoms with Crippen LogP contribution in [0.3, 0.4) is 0 Å². The molecule has 4 rings (SSSR count). The van der Waals surface area contributed by atoms with Crippen molar-refractivity contribution < 1.29 is 9.18 Å². The van der Waals surface area contributed by atoms with E-state index in [1.165, 1.54) is 18.2 Å². The van der Waals surface area contributed by atoms with Crippen molar-refractivity contribution in [1.29, 1.82) is 0 Å². The predicted molar refractivity (Wildman–Crippen MR) is 137 cm³/mol. The van der Waals surface area contributed by atoms with Crippen LogP contribution in [0.4, 0.5) is 15.9 Å². The summed E-state index contributed by atoms with van der Waals surface area (Å²) in [5, 5.41) is 3.86. The van der Waals surface area contributed by atoms with Gasteiger partial charge in [0.05, 0.1) is 5.52 Å². The highest BCUT2D eigenvalue weighted by molar-refractivity contribution is 9.10. The van der Waals surface area contributed by atoms with Crippen molar-refractivity contribution in [1.82, 2.24) is 9.88 Å². The molecule has 7 heteroatoms. The fourth-order valence-electron chi connectivity index (χ4n) is 4.21. The summed E-state index contributed by atoms with van der Waals surface area (Å²) in [5.41, 5.74) is 3.06. The number of carbonyl (C=O) groups is 1. The van der Waals surface area contributed by atoms with Gasteiger partial charge in [-0.3, -0.25) is 4.79 Å². The van der Waals surface area contributed by atoms with E-state index in [9.17, 15) is 9.18 Å². The number of hydrogen-bond acceptors (Lipinski definition) is 4. The van der Waals surface area contributed by atoms with Gasteiger partial charge in [0, 0.05) is 46.3 Å². The van der Waals surface area contributed by atoms with E-state index in [1.807, 2.05) is 18.2 Å². The highest BCUT2D eigenvalue weighted by Crippen LogP contribution is 2.27. The summed E-state index contributed by atoms with van der Waals surface area (Å²) in [6, 6.07) is 13.2. The van der Waals surface area contributed by atoms with Crippen LogP contribution in [0.1, 0.15) is 24.0 Å². The van der Waals surface area contributed by atoms with Crippen molar-refractivity contribution >= 4 is 50.3 Å². The Morgan fingerprint density at radius 2 is 1.94 bits per heavy atom. The Balaban J connectivity index is 1.47. The average Bonchev–Trinajstić information content (AvgIpc) is 2.79. The normalized spacial score (nSPS) is 15.0. The van der Waals surface area contributed by atoms with Crippen LogP contribution >= 0.6 is 15.9 Å². The van der Waals surface area contributed by atoms with Crippen LogP contribution in [-0.2, 0) is 4.79 Å². The Hall–Kier alpha value is -2.77. The first-order chi connectivity index (χ1) is 15.8. The number of halogens is 2. The largest absolute Gasteiger partial charge is 0.356 e. The van der Waals surface area contributed by atoms with Gasteiger partial charge in [-0.05, 0) is 81.9 Å². The monoisotopic (exact) mass is 510 g/mol. The molecule has 0 bridgehead atoms. The second-order valence-electron chi connectivity index (χ2n) is 8.70. The highest BCUT2D eigenvalue weighted by atomic mass is 79.9. The minimum absolute atomic E-state index is 0.317. The molecule has 1 fully saturated rings. The van der Waals surface area contributed by atoms with E-state index < -0.39 is 0 Å². The van der Waals surface area contributed by atoms with Crippen LogP contribution in [0.2, 0.25) is 0 Å². The number of hydrogen-bond donors (Lipinski definition) is 1. The van der Waals surface area contributed by atoms with Crippen molar-refractivity contribution in [2.24, 2.45) is 0 Å². The summed E-state index contributed by atoms with van der Waals surface area (Å²) in [6.07, 6.45) is 5.07. The van der Waals surface area contributed by atoms with Crippen LogP contribution in [0.5, 0.6) is 0 Å². The maximum Gasteiger partial charge on any atom is 0.248 e. The maximum absolute atomic E-state index is 13.9. The fraction of sp³-hybridized carbons (Fsp3) is 0.308. The molecule has 33 heavy (non-hydrogen) atoms. The third-order valence-electron chi connectivity index (χ3n) is 6.17. The molecule has 172 valence electrons. The number of aryl methyl sites for hydroxylation is 1. The van der Waals surface area contributed by atoms with Crippen LogP contribution in [0.25, 0.3) is 17.0 Å². The zero-order valence-corrected chi connectivity index (χ0v) is 20.7. The summed E-state index contributed by atoms with van der Waals surface area (Å²) < 4.78 is 14.6. The molecule has 1 saturated heterocycles. The Morgan fingerprint density at radius 1 is 1.18 bits per heavy atom. The van der Waals surface area contributed by atoms with Gasteiger partial charge in [0.25, 0.3) is 0 Å². The number of nitrogens with zero attached hydrogens (tertiary/aromatic N) is 3. The number of amides is 1. The van der Waals surface area contributed by atoms with Gasteiger partial charge >= 0.3 is 0 Å². The van der Waals surface area contributed by atoms with Crippen molar-refractivity contribution in [3.8, 4) is 0 Å². The minimum atomic E-state index is -0.387. The zero-order valence-electron chi connectivity index (χ0n) is 19.1. The molecule has 2 heterocycles. The highest BCUT2D eigenvalue weighted by Gasteiger charge is 2.22. The summed E-state index contributed by atoms with van der Waals surface area (Å²) in [4.78, 5) is 21.9. The molecule has 5 nitrogen and oxygen atoms in total. The van der Waals surface area contributed by atoms with E-state index in [4.69, 9.17) is 4.98 Å². The van der Waals surface area contributed by atoms with Gasteiger partial charge < -0.3 is 15.1 Å². The number of benzene rings is 2. The van der Waals surface area contributed by atoms with Gasteiger partial charge in [0.2, 0.25) is 5.91 Å². The second-order valence-corrected chi connectivity index (χ2v) is 9.62. The van der Waals surface area contributed by atoms with Crippen molar-refractivity contribution in [3.05, 3.63) is 70.0 Å². The first-order valence-electron chi connectivity index (χ1n) is 11.1. The standard InChI is InChI=1S/C26H28BrFN4O/c1-17-14-25(32-12-10-21(11-13-32)31(2)3)30-24-8-7-20(16-22(17)24)29-26(33)9-5-18-4-6-19(27)15-23(18)28/h4-9,14-16,21H,10-13H2,1-3H3,(H,29,33)/b9-5+. The Labute approximate surface area is 202 Å². The van der Waals surface area contributed by atoms with E-state index in [-0.39, 0.29) is 11.7 Å². The zero-order chi connectivity index (χ0) is 23.5. The van der Waals surface area contributed by atoms with Crippen molar-refractivity contribution in [2.75, 3.05) is 37.4 Å². The van der Waals surface area contributed by atoms with Gasteiger partial charge in [-0.1, -0.05) is 22.0 Å². The number of rotatable bonds is 5. The first kappa shape index (κ1) is 23.4. The molecule has 0 radical (unpaired) electrons. The number of piperidine rings is 1. The van der Waals surface area contributed by atoms with E-state index in [2.05, 4.69) is 58.1 Å². The fourth-order valence-corrected chi connectivity index (χ4v) is 4.55. The summed E-state index contributed by atoms with van der Waals surface area (Å²) in [5.74, 6) is 0.304. The molecular weight excluding hydrogens is 483 g/mol. The summed E-state index contributed by atoms with van der Waals surface area (Å²) >= 11 is 3.23. The SMILES string of the molecule is Cc1cc(N2CCC(N(C)C)CC2)nc2ccc(NC(=O)/C=C/c3ccc(Br)cc3F)cc12. The molecule has 3 aromatic rings. The molecule has 0 saturated carbocycles. The molecule has 1 aliphatic rings. The van der Waals surface area contributed by atoms with Gasteiger partial charge in [-0.2, -0.15) is 0 Å². The lowest BCUT2D eigenvalue weighted by Crippen LogP contribution is -2.42. The lowest BCUT2D eigenvalue weighted by atomic mass is 10.0. The molecular formula is C26H28BrFN4O. The van der Waals surface area contributed by atoms with Crippen LogP contribution in [0.15, 0.2) is 53.0 Å². The average molecular weight is 511 g/mol. The van der Waals surface area contributed by atoms with E-state index in [0.717, 1.165) is 48.2 Å². The topological polar surface area (TPSA) is 48.5 Å². The molecule has 1 aromatic heterocycles. The number of pyridine rings is 1. The van der Waals surface area contributed by atoms with Crippen LogP contribution < -0.4 is 10.2 Å². The van der Waals surface area contributed by atoms with Crippen LogP contribution in [0, 0.1) is 12.7 Å². The maximum atomic E-state index is 13.9. The molecule has 0 unspecified atom stereocenters. The Morgan fingerprint density at radius 3 is 2.64 bits per heavy atom. The Kier molecular flexibility index (Phi) is 7.10. The molecule has 1 amide bonds. The van der Waals surface area contributed by atoms with Crippen molar-refractivity contribution in [3.63, 3.8) is 0 Å². The van der Waals surface area contributed by atoms with E-state index >= 15 is 0 Å². The quantitative estimate of drug-likeness (QED) is 0.452. The van der Waals surface area contributed by atoms with Gasteiger partial charge in [0.15, 0.2) is 0 Å². The van der Waals surface area contributed by atoms with Gasteiger partial charge in [0.1, 0.15) is 11.6 Å². The van der Waals surface area contributed by atoms with Crippen LogP contribution in [-0.4, -0.2) is 49.0 Å². The summed E-state index contributed by atoms with van der Waals surface area (Å²) in [6.45, 7) is 4.07. The number of nitrogens with one attached hydrogen (secondary N) is 1. The predicted octanol–water partition coefficient (Wildman–Crippen LogP) is 5.63. The lowest BCUT2D eigenvalue weighted by Gasteiger charge is -2.36. The van der Waals surface area contributed by atoms with Gasteiger partial charge in [-0.25, -0.2) is 9.37 Å². The van der Waals surface area contributed by atoms with E-state index in [1.54, 1.807) is 12.1 Å². The number of aromatic nitrogens is 1. The third-order valence-corrected chi connectivity index (χ3v) is 6.66. The minimum Gasteiger partial charge on any atom is -0.356 e. The molecule has 2 aromatic carbocycles. The lowest BCUT2D eigenvalue weighted by molar-refractivity contribution is -0.111. The van der Waals surface area contributed by atoms with Crippen molar-refractivity contribution in [2.45, 2.75) is 25.8 Å². The molecule has 1 N–H and O–H groups in total. The molecule has 0 atom stereocenters. The Bertz CT molecular complexity index is 1200. The number of carbonyl (C=O) groups excluding carboxylic acids is 1. The molecule has 1 aliphatic heterocycles. The second kappa shape index (κ2) is 10.0. The number of anilines is 2. The van der Waals surface area contributed by atoms with Gasteiger partial charge in [-0.15, -0.1) is 0 Å².